The molecular formula is C14H15Cl2IN4O2. The van der Waals surface area contributed by atoms with Gasteiger partial charge >= 0.3 is 0 Å². The molecule has 124 valence electrons. The van der Waals surface area contributed by atoms with Crippen molar-refractivity contribution in [3.05, 3.63) is 34.0 Å². The minimum Gasteiger partial charge on any atom is -0.368 e. The van der Waals surface area contributed by atoms with Crippen molar-refractivity contribution in [2.45, 2.75) is 12.8 Å². The summed E-state index contributed by atoms with van der Waals surface area (Å²) in [6.07, 6.45) is 0.527. The minimum absolute atomic E-state index is 0.0297. The fourth-order valence-corrected chi connectivity index (χ4v) is 3.39. The molecule has 0 bridgehead atoms. The number of anilines is 1. The van der Waals surface area contributed by atoms with E-state index in [0.29, 0.717) is 0 Å². The van der Waals surface area contributed by atoms with Gasteiger partial charge in [-0.25, -0.2) is 8.10 Å². The van der Waals surface area contributed by atoms with E-state index in [1.165, 1.54) is 4.90 Å². The third-order valence-corrected chi connectivity index (χ3v) is 5.70. The lowest BCUT2D eigenvalue weighted by atomic mass is 10.2. The standard InChI is InChI=1S/C14H15Cl2IN4O2/c15-11-12(16)14(23)21(13(11)22)8-9-1-2-10(18-7-9)19-3-5-20(17)6-4-19/h1-2,7,13,22H,3-6,8H2. The molecule has 1 N–H and O–H groups in total. The lowest BCUT2D eigenvalue weighted by Crippen LogP contribution is -2.42. The molecule has 0 radical (unpaired) electrons. The topological polar surface area (TPSA) is 59.9 Å². The maximum atomic E-state index is 11.9. The number of aliphatic hydroxyl groups is 1. The highest BCUT2D eigenvalue weighted by molar-refractivity contribution is 14.1. The lowest BCUT2D eigenvalue weighted by molar-refractivity contribution is -0.132. The van der Waals surface area contributed by atoms with E-state index >= 15 is 0 Å². The summed E-state index contributed by atoms with van der Waals surface area (Å²) in [6, 6.07) is 3.83. The van der Waals surface area contributed by atoms with Crippen LogP contribution < -0.4 is 4.90 Å². The van der Waals surface area contributed by atoms with Gasteiger partial charge < -0.3 is 14.9 Å². The van der Waals surface area contributed by atoms with Crippen molar-refractivity contribution in [1.82, 2.24) is 13.0 Å². The molecule has 6 nitrogen and oxygen atoms in total. The number of aromatic nitrogens is 1. The van der Waals surface area contributed by atoms with Crippen LogP contribution in [0.25, 0.3) is 0 Å². The van der Waals surface area contributed by atoms with Crippen molar-refractivity contribution in [1.29, 1.82) is 0 Å². The maximum absolute atomic E-state index is 11.9. The second kappa shape index (κ2) is 7.10. The van der Waals surface area contributed by atoms with Gasteiger partial charge in [-0.05, 0) is 11.6 Å². The molecule has 1 saturated heterocycles. The summed E-state index contributed by atoms with van der Waals surface area (Å²) in [5.41, 5.74) is 0.810. The van der Waals surface area contributed by atoms with Gasteiger partial charge in [0.1, 0.15) is 10.9 Å². The van der Waals surface area contributed by atoms with Gasteiger partial charge in [0.2, 0.25) is 0 Å². The van der Waals surface area contributed by atoms with Crippen molar-refractivity contribution in [3.63, 3.8) is 0 Å². The number of amides is 1. The Morgan fingerprint density at radius 1 is 1.26 bits per heavy atom. The fraction of sp³-hybridized carbons (Fsp3) is 0.429. The molecule has 23 heavy (non-hydrogen) atoms. The normalized spacial score (nSPS) is 23.1. The molecule has 3 rings (SSSR count). The highest BCUT2D eigenvalue weighted by Crippen LogP contribution is 2.31. The van der Waals surface area contributed by atoms with Gasteiger partial charge in [0.05, 0.1) is 11.6 Å². The second-order valence-electron chi connectivity index (χ2n) is 5.39. The molecule has 0 aliphatic carbocycles. The average Bonchev–Trinajstić information content (AvgIpc) is 2.74. The largest absolute Gasteiger partial charge is 0.368 e. The highest BCUT2D eigenvalue weighted by Gasteiger charge is 2.36. The van der Waals surface area contributed by atoms with E-state index in [9.17, 15) is 9.90 Å². The summed E-state index contributed by atoms with van der Waals surface area (Å²) in [6.45, 7) is 4.09. The van der Waals surface area contributed by atoms with E-state index in [-0.39, 0.29) is 16.6 Å². The molecule has 1 aromatic heterocycles. The van der Waals surface area contributed by atoms with Crippen molar-refractivity contribution in [2.75, 3.05) is 31.1 Å². The molecular weight excluding hydrogens is 454 g/mol. The number of pyridine rings is 1. The molecule has 2 aliphatic rings. The van der Waals surface area contributed by atoms with Crippen LogP contribution in [0.3, 0.4) is 0 Å². The predicted octanol–water partition coefficient (Wildman–Crippen LogP) is 1.90. The molecule has 1 atom stereocenters. The summed E-state index contributed by atoms with van der Waals surface area (Å²) >= 11 is 13.9. The van der Waals surface area contributed by atoms with Crippen LogP contribution in [0, 0.1) is 0 Å². The van der Waals surface area contributed by atoms with Crippen molar-refractivity contribution in [2.24, 2.45) is 0 Å². The summed E-state index contributed by atoms with van der Waals surface area (Å²) in [7, 11) is 0. The van der Waals surface area contributed by atoms with Crippen molar-refractivity contribution in [3.8, 4) is 0 Å². The average molecular weight is 469 g/mol. The lowest BCUT2D eigenvalue weighted by Gasteiger charge is -2.32. The van der Waals surface area contributed by atoms with Gasteiger partial charge in [-0.3, -0.25) is 4.79 Å². The number of carbonyl (C=O) groups is 1. The highest BCUT2D eigenvalue weighted by atomic mass is 127. The smallest absolute Gasteiger partial charge is 0.269 e. The number of hydrogen-bond donors (Lipinski definition) is 1. The predicted molar refractivity (Wildman–Crippen MR) is 97.3 cm³/mol. The molecule has 0 aromatic carbocycles. The third-order valence-electron chi connectivity index (χ3n) is 3.89. The monoisotopic (exact) mass is 468 g/mol. The van der Waals surface area contributed by atoms with E-state index in [0.717, 1.165) is 37.6 Å². The van der Waals surface area contributed by atoms with Gasteiger partial charge in [-0.15, -0.1) is 0 Å². The number of hydrogen-bond acceptors (Lipinski definition) is 5. The Bertz CT molecular complexity index is 632. The minimum atomic E-state index is -1.19. The van der Waals surface area contributed by atoms with E-state index in [1.54, 1.807) is 6.20 Å². The quantitative estimate of drug-likeness (QED) is 0.542. The molecule has 2 aliphatic heterocycles. The van der Waals surface area contributed by atoms with E-state index in [4.69, 9.17) is 23.2 Å². The number of nitrogens with zero attached hydrogens (tertiary/aromatic N) is 4. The van der Waals surface area contributed by atoms with Crippen LogP contribution in [0.5, 0.6) is 0 Å². The number of halogens is 3. The first-order valence-electron chi connectivity index (χ1n) is 7.12. The molecule has 9 heteroatoms. The Morgan fingerprint density at radius 3 is 2.48 bits per heavy atom. The zero-order chi connectivity index (χ0) is 16.6. The van der Waals surface area contributed by atoms with Gasteiger partial charge in [0.15, 0.2) is 6.23 Å². The van der Waals surface area contributed by atoms with Crippen molar-refractivity contribution < 1.29 is 9.90 Å². The Morgan fingerprint density at radius 2 is 1.96 bits per heavy atom. The summed E-state index contributed by atoms with van der Waals surface area (Å²) < 4.78 is 2.25. The first-order valence-corrected chi connectivity index (χ1v) is 8.84. The number of aliphatic hydroxyl groups excluding tert-OH is 1. The van der Waals surface area contributed by atoms with E-state index in [1.807, 2.05) is 12.1 Å². The van der Waals surface area contributed by atoms with Crippen LogP contribution in [-0.4, -0.2) is 56.4 Å². The Hall–Kier alpha value is -0.610. The van der Waals surface area contributed by atoms with Crippen molar-refractivity contribution >= 4 is 57.8 Å². The van der Waals surface area contributed by atoms with Crippen LogP contribution >= 0.6 is 46.1 Å². The first kappa shape index (κ1) is 17.2. The van der Waals surface area contributed by atoms with E-state index < -0.39 is 12.1 Å². The zero-order valence-corrected chi connectivity index (χ0v) is 15.8. The number of piperazine rings is 1. The Kier molecular flexibility index (Phi) is 5.32. The third kappa shape index (κ3) is 3.58. The molecule has 1 unspecified atom stereocenters. The van der Waals surface area contributed by atoms with Gasteiger partial charge in [0, 0.05) is 55.2 Å². The fourth-order valence-electron chi connectivity index (χ4n) is 2.55. The Labute approximate surface area is 158 Å². The van der Waals surface area contributed by atoms with Gasteiger partial charge in [-0.2, -0.15) is 0 Å². The van der Waals surface area contributed by atoms with Crippen LogP contribution in [0.4, 0.5) is 5.82 Å². The van der Waals surface area contributed by atoms with Gasteiger partial charge in [0.25, 0.3) is 5.91 Å². The van der Waals surface area contributed by atoms with E-state index in [2.05, 4.69) is 35.9 Å². The summed E-state index contributed by atoms with van der Waals surface area (Å²) in [4.78, 5) is 19.8. The maximum Gasteiger partial charge on any atom is 0.269 e. The Balaban J connectivity index is 1.66. The molecule has 1 fully saturated rings. The summed E-state index contributed by atoms with van der Waals surface area (Å²) in [5.74, 6) is 0.451. The molecule has 0 saturated carbocycles. The van der Waals surface area contributed by atoms with Crippen LogP contribution in [-0.2, 0) is 11.3 Å². The molecule has 0 spiro atoms. The molecule has 1 aromatic rings. The summed E-state index contributed by atoms with van der Waals surface area (Å²) in [5, 5.41) is 9.79. The second-order valence-corrected chi connectivity index (χ2v) is 7.54. The SMILES string of the molecule is O=C1C(Cl)=C(Cl)C(O)N1Cc1ccc(N2CCN(I)CC2)nc1. The number of carbonyl (C=O) groups excluding carboxylic acids is 1. The van der Waals surface area contributed by atoms with Crippen LogP contribution in [0.1, 0.15) is 5.56 Å². The van der Waals surface area contributed by atoms with Crippen LogP contribution in [0.15, 0.2) is 28.4 Å². The van der Waals surface area contributed by atoms with Gasteiger partial charge in [-0.1, -0.05) is 29.3 Å². The van der Waals surface area contributed by atoms with Crippen LogP contribution in [0.2, 0.25) is 0 Å². The number of rotatable bonds is 3. The first-order chi connectivity index (χ1) is 11.0. The zero-order valence-electron chi connectivity index (χ0n) is 12.1. The molecule has 1 amide bonds. The molecule has 3 heterocycles.